The van der Waals surface area contributed by atoms with Crippen LogP contribution in [0.25, 0.3) is 0 Å². The number of carbonyl (C=O) groups is 4. The van der Waals surface area contributed by atoms with Crippen LogP contribution in [0.15, 0.2) is 18.2 Å². The summed E-state index contributed by atoms with van der Waals surface area (Å²) in [5.41, 5.74) is 6.46. The minimum absolute atomic E-state index is 0.0137. The van der Waals surface area contributed by atoms with Crippen molar-refractivity contribution in [3.05, 3.63) is 23.8 Å². The Bertz CT molecular complexity index is 867. The molecule has 0 aromatic heterocycles. The van der Waals surface area contributed by atoms with Gasteiger partial charge in [-0.05, 0) is 65.7 Å². The highest BCUT2D eigenvalue weighted by molar-refractivity contribution is 5.76. The molecule has 0 saturated heterocycles. The van der Waals surface area contributed by atoms with E-state index < -0.39 is 54.7 Å². The number of ether oxygens (including phenoxy) is 6. The number of hydrogen-bond acceptors (Lipinski definition) is 11. The topological polar surface area (TPSA) is 150 Å². The van der Waals surface area contributed by atoms with Crippen LogP contribution in [0.1, 0.15) is 54.0 Å². The Hall–Kier alpha value is -3.34. The third kappa shape index (κ3) is 10.5. The minimum atomic E-state index is -1.07. The maximum atomic E-state index is 12.4. The molecule has 0 heterocycles. The first-order valence-corrected chi connectivity index (χ1v) is 10.8. The molecule has 190 valence electrons. The second kappa shape index (κ2) is 13.4. The lowest BCUT2D eigenvalue weighted by Gasteiger charge is -2.22. The van der Waals surface area contributed by atoms with E-state index in [1.54, 1.807) is 41.5 Å². The fourth-order valence-corrected chi connectivity index (χ4v) is 2.52. The van der Waals surface area contributed by atoms with Gasteiger partial charge >= 0.3 is 24.2 Å². The van der Waals surface area contributed by atoms with Crippen molar-refractivity contribution in [1.82, 2.24) is 0 Å². The van der Waals surface area contributed by atoms with Crippen molar-refractivity contribution in [1.29, 1.82) is 0 Å². The van der Waals surface area contributed by atoms with E-state index in [9.17, 15) is 19.2 Å². The maximum Gasteiger partial charge on any atom is 0.514 e. The van der Waals surface area contributed by atoms with Crippen LogP contribution in [0.3, 0.4) is 0 Å². The third-order valence-corrected chi connectivity index (χ3v) is 4.13. The van der Waals surface area contributed by atoms with Crippen LogP contribution in [0.5, 0.6) is 11.5 Å². The minimum Gasteiger partial charge on any atom is -0.459 e. The molecule has 1 rings (SSSR count). The molecule has 0 bridgehead atoms. The Balaban J connectivity index is 2.97. The molecule has 3 atom stereocenters. The number of carbonyl (C=O) groups excluding carboxylic acids is 4. The summed E-state index contributed by atoms with van der Waals surface area (Å²) in [5, 5.41) is 0. The van der Waals surface area contributed by atoms with Crippen molar-refractivity contribution in [2.24, 2.45) is 5.73 Å². The van der Waals surface area contributed by atoms with E-state index in [0.717, 1.165) is 0 Å². The first kappa shape index (κ1) is 28.7. The third-order valence-electron chi connectivity index (χ3n) is 4.13. The highest BCUT2D eigenvalue weighted by Crippen LogP contribution is 2.30. The molecule has 11 nitrogen and oxygen atoms in total. The number of hydrogen-bond donors (Lipinski definition) is 1. The van der Waals surface area contributed by atoms with Gasteiger partial charge in [0.15, 0.2) is 11.5 Å². The molecule has 0 amide bonds. The Morgan fingerprint density at radius 1 is 0.765 bits per heavy atom. The molecule has 1 unspecified atom stereocenters. The Morgan fingerprint density at radius 2 is 1.26 bits per heavy atom. The Labute approximate surface area is 198 Å². The van der Waals surface area contributed by atoms with Crippen molar-refractivity contribution in [2.45, 2.75) is 85.3 Å². The van der Waals surface area contributed by atoms with Crippen molar-refractivity contribution in [2.75, 3.05) is 0 Å². The fourth-order valence-electron chi connectivity index (χ4n) is 2.52. The lowest BCUT2D eigenvalue weighted by molar-refractivity contribution is -0.164. The smallest absolute Gasteiger partial charge is 0.459 e. The summed E-state index contributed by atoms with van der Waals surface area (Å²) < 4.78 is 30.5. The molecule has 0 fully saturated rings. The molecule has 1 aromatic rings. The summed E-state index contributed by atoms with van der Waals surface area (Å²) in [7, 11) is 0. The quantitative estimate of drug-likeness (QED) is 0.297. The van der Waals surface area contributed by atoms with E-state index in [4.69, 9.17) is 34.2 Å². The normalized spacial score (nSPS) is 13.5. The zero-order chi connectivity index (χ0) is 26.0. The standard InChI is InChI=1S/C23H33NO10/c1-12(2)29-22(27)33-19-9-8-17(11-20(19)34-23(28)30-13(3)4)10-18(24)21(26)32-15(6)14(5)31-16(7)25/h8-9,11-15,18H,10,24H2,1-7H3/t14?,15-,18+/m1/s1. The average molecular weight is 484 g/mol. The highest BCUT2D eigenvalue weighted by atomic mass is 16.7. The molecule has 2 N–H and O–H groups in total. The molecular weight excluding hydrogens is 450 g/mol. The van der Waals surface area contributed by atoms with Crippen LogP contribution in [0.4, 0.5) is 9.59 Å². The van der Waals surface area contributed by atoms with Crippen LogP contribution >= 0.6 is 0 Å². The van der Waals surface area contributed by atoms with Gasteiger partial charge in [0.05, 0.1) is 12.2 Å². The lowest BCUT2D eigenvalue weighted by Crippen LogP contribution is -2.39. The van der Waals surface area contributed by atoms with Gasteiger partial charge in [0.1, 0.15) is 18.2 Å². The summed E-state index contributed by atoms with van der Waals surface area (Å²) in [4.78, 5) is 47.3. The van der Waals surface area contributed by atoms with E-state index in [1.807, 2.05) is 0 Å². The van der Waals surface area contributed by atoms with Crippen molar-refractivity contribution in [3.63, 3.8) is 0 Å². The molecule has 0 aliphatic heterocycles. The van der Waals surface area contributed by atoms with E-state index in [-0.39, 0.29) is 17.9 Å². The molecule has 0 saturated carbocycles. The van der Waals surface area contributed by atoms with Crippen molar-refractivity contribution < 1.29 is 47.6 Å². The SMILES string of the molecule is CC(=O)OC(C)[C@@H](C)OC(=O)[C@@H](N)Cc1ccc(OC(=O)OC(C)C)c(OC(=O)OC(C)C)c1. The summed E-state index contributed by atoms with van der Waals surface area (Å²) in [5.74, 6) is -1.42. The molecular formula is C23H33NO10. The van der Waals surface area contributed by atoms with Gasteiger partial charge in [-0.3, -0.25) is 9.59 Å². The molecule has 11 heteroatoms. The second-order valence-electron chi connectivity index (χ2n) is 8.09. The van der Waals surface area contributed by atoms with Gasteiger partial charge in [0, 0.05) is 6.92 Å². The van der Waals surface area contributed by atoms with E-state index in [2.05, 4.69) is 0 Å². The number of benzene rings is 1. The van der Waals surface area contributed by atoms with Crippen molar-refractivity contribution in [3.8, 4) is 11.5 Å². The van der Waals surface area contributed by atoms with E-state index in [0.29, 0.717) is 5.56 Å². The van der Waals surface area contributed by atoms with Gasteiger partial charge in [-0.2, -0.15) is 0 Å². The maximum absolute atomic E-state index is 12.4. The average Bonchev–Trinajstić information content (AvgIpc) is 2.67. The summed E-state index contributed by atoms with van der Waals surface area (Å²) in [6.07, 6.45) is -4.20. The molecule has 0 aliphatic rings. The lowest BCUT2D eigenvalue weighted by atomic mass is 10.1. The first-order valence-electron chi connectivity index (χ1n) is 10.8. The van der Waals surface area contributed by atoms with Gasteiger partial charge in [0.25, 0.3) is 0 Å². The number of nitrogens with two attached hydrogens (primary N) is 1. The van der Waals surface area contributed by atoms with Gasteiger partial charge in [-0.25, -0.2) is 9.59 Å². The van der Waals surface area contributed by atoms with Crippen LogP contribution in [0.2, 0.25) is 0 Å². The number of esters is 2. The molecule has 0 aliphatic carbocycles. The summed E-state index contributed by atoms with van der Waals surface area (Å²) in [6.45, 7) is 11.0. The zero-order valence-electron chi connectivity index (χ0n) is 20.5. The Kier molecular flexibility index (Phi) is 11.3. The van der Waals surface area contributed by atoms with Gasteiger partial charge in [-0.15, -0.1) is 0 Å². The van der Waals surface area contributed by atoms with Crippen LogP contribution in [0, 0.1) is 0 Å². The molecule has 34 heavy (non-hydrogen) atoms. The molecule has 1 aromatic carbocycles. The number of rotatable bonds is 10. The molecule has 0 spiro atoms. The van der Waals surface area contributed by atoms with E-state index >= 15 is 0 Å². The summed E-state index contributed by atoms with van der Waals surface area (Å²) in [6, 6.07) is 3.23. The van der Waals surface area contributed by atoms with Crippen LogP contribution < -0.4 is 15.2 Å². The predicted molar refractivity (Wildman–Crippen MR) is 119 cm³/mol. The van der Waals surface area contributed by atoms with Crippen LogP contribution in [-0.4, -0.2) is 54.7 Å². The van der Waals surface area contributed by atoms with Gasteiger partial charge in [-0.1, -0.05) is 6.07 Å². The molecule has 0 radical (unpaired) electrons. The highest BCUT2D eigenvalue weighted by Gasteiger charge is 2.24. The zero-order valence-corrected chi connectivity index (χ0v) is 20.5. The van der Waals surface area contributed by atoms with Crippen LogP contribution in [-0.2, 0) is 35.0 Å². The van der Waals surface area contributed by atoms with Gasteiger partial charge < -0.3 is 34.2 Å². The monoisotopic (exact) mass is 483 g/mol. The Morgan fingerprint density at radius 3 is 1.76 bits per heavy atom. The van der Waals surface area contributed by atoms with E-state index in [1.165, 1.54) is 25.1 Å². The predicted octanol–water partition coefficient (Wildman–Crippen LogP) is 3.29. The van der Waals surface area contributed by atoms with Gasteiger partial charge in [0.2, 0.25) is 0 Å². The van der Waals surface area contributed by atoms with Crippen molar-refractivity contribution >= 4 is 24.2 Å². The first-order chi connectivity index (χ1) is 15.8. The second-order valence-corrected chi connectivity index (χ2v) is 8.09. The largest absolute Gasteiger partial charge is 0.514 e. The fraction of sp³-hybridized carbons (Fsp3) is 0.565. The summed E-state index contributed by atoms with van der Waals surface area (Å²) >= 11 is 0.